The van der Waals surface area contributed by atoms with E-state index in [0.29, 0.717) is 23.7 Å². The quantitative estimate of drug-likeness (QED) is 0.117. The molecular weight excluding hydrogens is 783 g/mol. The summed E-state index contributed by atoms with van der Waals surface area (Å²) in [6.45, 7) is 34.5. The molecule has 0 N–H and O–H groups in total. The molecule has 0 saturated carbocycles. The molecule has 0 spiro atoms. The van der Waals surface area contributed by atoms with E-state index >= 15 is 0 Å². The average molecular weight is 866 g/mol. The Hall–Kier alpha value is -0.314. The Labute approximate surface area is 333 Å². The zero-order chi connectivity index (χ0) is 38.4. The molecule has 4 rings (SSSR count). The molecule has 52 heavy (non-hydrogen) atoms. The molecule has 0 saturated heterocycles. The standard InChI is InChI=1S/2C16H21.4C4H9.C2H4.2Zr/c2*1-10(2)13-8-14-6-12(5)7-16(14)15(9-13)11(3)4;4*1-3-4-2;1-2;;/h2*6-11H,1-5H3;4*1,3-4H2,2H3;1-2H2;;. The van der Waals surface area contributed by atoms with E-state index in [1.807, 2.05) is 0 Å². The number of allylic oxidation sites excluding steroid dienone is 2. The molecule has 290 valence electrons. The fourth-order valence-electron chi connectivity index (χ4n) is 10.8. The topological polar surface area (TPSA) is 0 Å². The van der Waals surface area contributed by atoms with Crippen LogP contribution in [0, 0.1) is 0 Å². The Morgan fingerprint density at radius 2 is 0.750 bits per heavy atom. The average Bonchev–Trinajstić information content (AvgIpc) is 3.63. The summed E-state index contributed by atoms with van der Waals surface area (Å²) in [6, 6.07) is 10.7. The van der Waals surface area contributed by atoms with Crippen LogP contribution in [0.2, 0.25) is 24.8 Å². The van der Waals surface area contributed by atoms with Gasteiger partial charge in [-0.3, -0.25) is 0 Å². The molecule has 2 atom stereocenters. The van der Waals surface area contributed by atoms with E-state index in [4.69, 9.17) is 0 Å². The van der Waals surface area contributed by atoms with Crippen LogP contribution < -0.4 is 0 Å². The summed E-state index contributed by atoms with van der Waals surface area (Å²) in [5.41, 5.74) is 16.8. The second-order valence-corrected chi connectivity index (χ2v) is 42.7. The third kappa shape index (κ3) is 9.61. The van der Waals surface area contributed by atoms with Gasteiger partial charge >= 0.3 is 337 Å². The van der Waals surface area contributed by atoms with Crippen molar-refractivity contribution in [1.82, 2.24) is 0 Å². The maximum absolute atomic E-state index is 2.86. The molecule has 2 aromatic carbocycles. The SMILES string of the molecule is CCC[CH2][Zr]([CH2]CCC)([CH2][CH2][Zr]([CH2]CCC)([CH2]CCC)[CH]1C(C)=Cc2c(C(C)C)cc(C(C)C)cc21)[CH]1C(C)=Cc2c(C(C)C)cc(C(C)C)cc21. The summed E-state index contributed by atoms with van der Waals surface area (Å²) in [6.07, 6.45) is 16.6. The summed E-state index contributed by atoms with van der Waals surface area (Å²) in [7, 11) is 0. The molecule has 2 aromatic rings. The van der Waals surface area contributed by atoms with Crippen LogP contribution in [-0.4, -0.2) is 0 Å². The molecule has 0 aliphatic heterocycles. The van der Waals surface area contributed by atoms with Gasteiger partial charge in [-0.2, -0.15) is 0 Å². The van der Waals surface area contributed by atoms with Crippen LogP contribution in [-0.2, 0) is 40.5 Å². The van der Waals surface area contributed by atoms with Crippen molar-refractivity contribution < 1.29 is 40.5 Å². The molecule has 0 heterocycles. The Morgan fingerprint density at radius 3 is 1.00 bits per heavy atom. The van der Waals surface area contributed by atoms with E-state index in [0.717, 1.165) is 7.25 Å². The fourth-order valence-corrected chi connectivity index (χ4v) is 55.7. The van der Waals surface area contributed by atoms with Crippen molar-refractivity contribution in [3.63, 3.8) is 0 Å². The van der Waals surface area contributed by atoms with Gasteiger partial charge in [0.05, 0.1) is 0 Å². The van der Waals surface area contributed by atoms with Gasteiger partial charge in [-0.05, 0) is 0 Å². The van der Waals surface area contributed by atoms with E-state index in [-0.39, 0.29) is 0 Å². The molecule has 0 radical (unpaired) electrons. The van der Waals surface area contributed by atoms with Crippen LogP contribution in [0.4, 0.5) is 0 Å². The Bertz CT molecular complexity index is 1400. The van der Waals surface area contributed by atoms with Crippen LogP contribution in [0.5, 0.6) is 0 Å². The summed E-state index contributed by atoms with van der Waals surface area (Å²) in [5.74, 6) is 2.30. The second kappa shape index (κ2) is 19.7. The molecule has 0 fully saturated rings. The zero-order valence-electron chi connectivity index (χ0n) is 36.8. The molecule has 0 nitrogen and oxygen atoms in total. The first kappa shape index (κ1) is 44.4. The summed E-state index contributed by atoms with van der Waals surface area (Å²) >= 11 is -5.73. The van der Waals surface area contributed by atoms with Gasteiger partial charge in [-0.1, -0.05) is 0 Å². The number of unbranched alkanes of at least 4 members (excludes halogenated alkanes) is 4. The molecule has 0 aromatic heterocycles. The Morgan fingerprint density at radius 1 is 0.442 bits per heavy atom. The Balaban J connectivity index is 1.95. The van der Waals surface area contributed by atoms with Gasteiger partial charge < -0.3 is 0 Å². The monoisotopic (exact) mass is 862 g/mol. The minimum absolute atomic E-state index is 0.571. The summed E-state index contributed by atoms with van der Waals surface area (Å²) in [5, 5.41) is 0. The van der Waals surface area contributed by atoms with E-state index in [1.54, 1.807) is 80.4 Å². The van der Waals surface area contributed by atoms with Crippen LogP contribution in [0.25, 0.3) is 12.2 Å². The molecule has 2 heteroatoms. The van der Waals surface area contributed by atoms with Gasteiger partial charge in [-0.25, -0.2) is 0 Å². The first-order valence-electron chi connectivity index (χ1n) is 22.4. The van der Waals surface area contributed by atoms with Crippen molar-refractivity contribution in [2.24, 2.45) is 0 Å². The number of fused-ring (bicyclic) bond motifs is 2. The van der Waals surface area contributed by atoms with E-state index in [2.05, 4.69) is 133 Å². The first-order valence-corrected chi connectivity index (χ1v) is 35.7. The maximum atomic E-state index is 2.75. The first-order chi connectivity index (χ1) is 24.7. The van der Waals surface area contributed by atoms with Gasteiger partial charge in [0.15, 0.2) is 0 Å². The molecule has 2 aliphatic carbocycles. The third-order valence-corrected chi connectivity index (χ3v) is 46.0. The zero-order valence-corrected chi connectivity index (χ0v) is 41.7. The molecule has 2 unspecified atom stereocenters. The van der Waals surface area contributed by atoms with Crippen LogP contribution >= 0.6 is 0 Å². The molecule has 0 bridgehead atoms. The van der Waals surface area contributed by atoms with E-state index in [9.17, 15) is 0 Å². The number of hydrogen-bond donors (Lipinski definition) is 0. The van der Waals surface area contributed by atoms with E-state index < -0.39 is 40.5 Å². The van der Waals surface area contributed by atoms with Crippen LogP contribution in [0.1, 0.15) is 224 Å². The Kier molecular flexibility index (Phi) is 16.8. The third-order valence-electron chi connectivity index (χ3n) is 13.8. The van der Waals surface area contributed by atoms with E-state index in [1.165, 1.54) is 51.4 Å². The number of rotatable bonds is 21. The number of benzene rings is 2. The van der Waals surface area contributed by atoms with Crippen molar-refractivity contribution in [3.8, 4) is 0 Å². The summed E-state index contributed by atoms with van der Waals surface area (Å²) in [4.78, 5) is 0. The normalized spacial score (nSPS) is 17.5. The molecular formula is C50H82Zr2. The van der Waals surface area contributed by atoms with Gasteiger partial charge in [0.25, 0.3) is 0 Å². The molecule has 0 amide bonds. The van der Waals surface area contributed by atoms with Crippen molar-refractivity contribution in [2.45, 2.75) is 204 Å². The van der Waals surface area contributed by atoms with Crippen molar-refractivity contribution in [3.05, 3.63) is 79.9 Å². The van der Waals surface area contributed by atoms with Crippen LogP contribution in [0.15, 0.2) is 35.4 Å². The summed E-state index contributed by atoms with van der Waals surface area (Å²) < 4.78 is 11.2. The second-order valence-electron chi connectivity index (χ2n) is 19.1. The van der Waals surface area contributed by atoms with Crippen molar-refractivity contribution in [1.29, 1.82) is 0 Å². The van der Waals surface area contributed by atoms with Gasteiger partial charge in [-0.15, -0.1) is 0 Å². The van der Waals surface area contributed by atoms with Gasteiger partial charge in [0.2, 0.25) is 0 Å². The van der Waals surface area contributed by atoms with Gasteiger partial charge in [0, 0.05) is 0 Å². The predicted molar refractivity (Wildman–Crippen MR) is 230 cm³/mol. The minimum atomic E-state index is -2.86. The predicted octanol–water partition coefficient (Wildman–Crippen LogP) is 17.8. The fraction of sp³-hybridized carbons (Fsp3) is 0.680. The number of hydrogen-bond acceptors (Lipinski definition) is 0. The van der Waals surface area contributed by atoms with Crippen molar-refractivity contribution >= 4 is 12.2 Å². The van der Waals surface area contributed by atoms with Crippen molar-refractivity contribution in [2.75, 3.05) is 0 Å². The van der Waals surface area contributed by atoms with Crippen LogP contribution in [0.3, 0.4) is 0 Å². The molecule has 2 aliphatic rings. The van der Waals surface area contributed by atoms with Gasteiger partial charge in [0.1, 0.15) is 0 Å².